The van der Waals surface area contributed by atoms with Crippen LogP contribution in [0.3, 0.4) is 0 Å². The number of ether oxygens (including phenoxy) is 2. The predicted molar refractivity (Wildman–Crippen MR) is 59.0 cm³/mol. The lowest BCUT2D eigenvalue weighted by Crippen LogP contribution is -2.19. The third-order valence-electron chi connectivity index (χ3n) is 2.16. The number of hydrogen-bond donors (Lipinski definition) is 1. The van der Waals surface area contributed by atoms with Crippen molar-refractivity contribution in [2.24, 2.45) is 0 Å². The van der Waals surface area contributed by atoms with Gasteiger partial charge in [0.15, 0.2) is 0 Å². The van der Waals surface area contributed by atoms with E-state index >= 15 is 0 Å². The molecular formula is C12H17FO3. The fourth-order valence-electron chi connectivity index (χ4n) is 1.44. The Bertz CT molecular complexity index is 339. The van der Waals surface area contributed by atoms with E-state index in [0.717, 1.165) is 0 Å². The van der Waals surface area contributed by atoms with E-state index in [9.17, 15) is 9.50 Å². The summed E-state index contributed by atoms with van der Waals surface area (Å²) in [6.07, 6.45) is -0.880. The molecule has 0 heterocycles. The van der Waals surface area contributed by atoms with Gasteiger partial charge in [0, 0.05) is 18.7 Å². The quantitative estimate of drug-likeness (QED) is 0.840. The van der Waals surface area contributed by atoms with Crippen molar-refractivity contribution >= 4 is 0 Å². The second-order valence-corrected chi connectivity index (χ2v) is 3.74. The highest BCUT2D eigenvalue weighted by Crippen LogP contribution is 2.26. The van der Waals surface area contributed by atoms with E-state index in [1.54, 1.807) is 14.0 Å². The van der Waals surface area contributed by atoms with Crippen molar-refractivity contribution < 1.29 is 19.0 Å². The molecular weight excluding hydrogens is 211 g/mol. The van der Waals surface area contributed by atoms with E-state index in [1.165, 1.54) is 18.2 Å². The number of aliphatic hydroxyl groups excluding tert-OH is 1. The van der Waals surface area contributed by atoms with Gasteiger partial charge in [-0.15, -0.1) is 0 Å². The molecule has 0 radical (unpaired) electrons. The first-order valence-corrected chi connectivity index (χ1v) is 5.17. The molecule has 0 saturated heterocycles. The van der Waals surface area contributed by atoms with Gasteiger partial charge in [0.1, 0.15) is 17.7 Å². The summed E-state index contributed by atoms with van der Waals surface area (Å²) in [4.78, 5) is 0. The molecule has 0 spiro atoms. The molecule has 0 amide bonds. The van der Waals surface area contributed by atoms with Gasteiger partial charge in [-0.25, -0.2) is 4.39 Å². The van der Waals surface area contributed by atoms with E-state index < -0.39 is 6.10 Å². The minimum atomic E-state index is -0.689. The van der Waals surface area contributed by atoms with Gasteiger partial charge >= 0.3 is 0 Å². The molecule has 0 aliphatic rings. The van der Waals surface area contributed by atoms with E-state index in [1.807, 2.05) is 6.92 Å². The van der Waals surface area contributed by atoms with Gasteiger partial charge in [0.2, 0.25) is 0 Å². The fourth-order valence-corrected chi connectivity index (χ4v) is 1.44. The molecule has 16 heavy (non-hydrogen) atoms. The molecule has 1 unspecified atom stereocenters. The second-order valence-electron chi connectivity index (χ2n) is 3.74. The zero-order chi connectivity index (χ0) is 12.1. The molecule has 2 atom stereocenters. The predicted octanol–water partition coefficient (Wildman–Crippen LogP) is 2.29. The first kappa shape index (κ1) is 12.9. The summed E-state index contributed by atoms with van der Waals surface area (Å²) in [6.45, 7) is 3.84. The first-order valence-electron chi connectivity index (χ1n) is 5.17. The number of rotatable bonds is 5. The monoisotopic (exact) mass is 228 g/mol. The molecule has 0 aliphatic carbocycles. The van der Waals surface area contributed by atoms with E-state index in [4.69, 9.17) is 9.47 Å². The fraction of sp³-hybridized carbons (Fsp3) is 0.500. The van der Waals surface area contributed by atoms with Gasteiger partial charge in [-0.2, -0.15) is 0 Å². The second kappa shape index (κ2) is 5.82. The van der Waals surface area contributed by atoms with Gasteiger partial charge in [-0.3, -0.25) is 0 Å². The topological polar surface area (TPSA) is 38.7 Å². The van der Waals surface area contributed by atoms with Crippen molar-refractivity contribution in [2.75, 3.05) is 13.7 Å². The summed E-state index contributed by atoms with van der Waals surface area (Å²) in [5, 5.41) is 9.50. The van der Waals surface area contributed by atoms with Crippen LogP contribution in [0.2, 0.25) is 0 Å². The van der Waals surface area contributed by atoms with Crippen LogP contribution in [-0.2, 0) is 4.74 Å². The van der Waals surface area contributed by atoms with Crippen LogP contribution >= 0.6 is 0 Å². The minimum Gasteiger partial charge on any atom is -0.488 e. The number of benzene rings is 1. The van der Waals surface area contributed by atoms with E-state index in [0.29, 0.717) is 17.9 Å². The number of halogens is 1. The summed E-state index contributed by atoms with van der Waals surface area (Å²) < 4.78 is 23.5. The Morgan fingerprint density at radius 1 is 1.38 bits per heavy atom. The van der Waals surface area contributed by atoms with Gasteiger partial charge in [-0.1, -0.05) is 0 Å². The standard InChI is InChI=1S/C12H17FO3/c1-8(7-15-3)16-12-6-10(13)4-5-11(12)9(2)14/h4-6,8-9,14H,7H2,1-3H3/t8?,9-/m0/s1. The molecule has 90 valence electrons. The Kier molecular flexibility index (Phi) is 4.71. The Morgan fingerprint density at radius 3 is 2.62 bits per heavy atom. The largest absolute Gasteiger partial charge is 0.488 e. The van der Waals surface area contributed by atoms with Crippen LogP contribution in [0.1, 0.15) is 25.5 Å². The van der Waals surface area contributed by atoms with Crippen molar-refractivity contribution in [3.63, 3.8) is 0 Å². The lowest BCUT2D eigenvalue weighted by Gasteiger charge is -2.18. The normalized spacial score (nSPS) is 14.6. The van der Waals surface area contributed by atoms with Crippen molar-refractivity contribution in [2.45, 2.75) is 26.1 Å². The van der Waals surface area contributed by atoms with Gasteiger partial charge in [-0.05, 0) is 26.0 Å². The average molecular weight is 228 g/mol. The van der Waals surface area contributed by atoms with Crippen LogP contribution in [0.25, 0.3) is 0 Å². The third-order valence-corrected chi connectivity index (χ3v) is 2.16. The van der Waals surface area contributed by atoms with Crippen LogP contribution in [0.15, 0.2) is 18.2 Å². The number of hydrogen-bond acceptors (Lipinski definition) is 3. The van der Waals surface area contributed by atoms with E-state index in [2.05, 4.69) is 0 Å². The van der Waals surface area contributed by atoms with Crippen LogP contribution in [0.4, 0.5) is 4.39 Å². The summed E-state index contributed by atoms with van der Waals surface area (Å²) >= 11 is 0. The smallest absolute Gasteiger partial charge is 0.128 e. The van der Waals surface area contributed by atoms with Gasteiger partial charge in [0.25, 0.3) is 0 Å². The molecule has 1 N–H and O–H groups in total. The SMILES string of the molecule is COCC(C)Oc1cc(F)ccc1[C@H](C)O. The Morgan fingerprint density at radius 2 is 2.06 bits per heavy atom. The van der Waals surface area contributed by atoms with Crippen LogP contribution in [0.5, 0.6) is 5.75 Å². The number of methoxy groups -OCH3 is 1. The van der Waals surface area contributed by atoms with Crippen LogP contribution in [-0.4, -0.2) is 24.9 Å². The van der Waals surface area contributed by atoms with Crippen LogP contribution < -0.4 is 4.74 Å². The van der Waals surface area contributed by atoms with Crippen LogP contribution in [0, 0.1) is 5.82 Å². The zero-order valence-electron chi connectivity index (χ0n) is 9.74. The molecule has 1 rings (SSSR count). The maximum absolute atomic E-state index is 13.1. The average Bonchev–Trinajstić information content (AvgIpc) is 2.17. The molecule has 1 aromatic rings. The lowest BCUT2D eigenvalue weighted by atomic mass is 10.1. The molecule has 0 saturated carbocycles. The highest BCUT2D eigenvalue weighted by atomic mass is 19.1. The Balaban J connectivity index is 2.87. The van der Waals surface area contributed by atoms with Crippen molar-refractivity contribution in [1.29, 1.82) is 0 Å². The maximum Gasteiger partial charge on any atom is 0.128 e. The minimum absolute atomic E-state index is 0.190. The summed E-state index contributed by atoms with van der Waals surface area (Å²) in [6, 6.07) is 4.10. The Hall–Kier alpha value is -1.13. The first-order chi connectivity index (χ1) is 7.54. The molecule has 0 bridgehead atoms. The zero-order valence-corrected chi connectivity index (χ0v) is 9.74. The molecule has 0 aromatic heterocycles. The maximum atomic E-state index is 13.1. The highest BCUT2D eigenvalue weighted by Gasteiger charge is 2.13. The molecule has 0 aliphatic heterocycles. The Labute approximate surface area is 94.8 Å². The van der Waals surface area contributed by atoms with Gasteiger partial charge < -0.3 is 14.6 Å². The molecule has 0 fully saturated rings. The van der Waals surface area contributed by atoms with Crippen molar-refractivity contribution in [3.8, 4) is 5.75 Å². The summed E-state index contributed by atoms with van der Waals surface area (Å²) in [5.74, 6) is -0.0245. The molecule has 4 heteroatoms. The van der Waals surface area contributed by atoms with E-state index in [-0.39, 0.29) is 11.9 Å². The molecule has 3 nitrogen and oxygen atoms in total. The summed E-state index contributed by atoms with van der Waals surface area (Å²) in [7, 11) is 1.57. The third kappa shape index (κ3) is 3.47. The highest BCUT2D eigenvalue weighted by molar-refractivity contribution is 5.35. The van der Waals surface area contributed by atoms with Gasteiger partial charge in [0.05, 0.1) is 12.7 Å². The number of aliphatic hydroxyl groups is 1. The van der Waals surface area contributed by atoms with Crippen molar-refractivity contribution in [3.05, 3.63) is 29.6 Å². The molecule has 1 aromatic carbocycles. The lowest BCUT2D eigenvalue weighted by molar-refractivity contribution is 0.0884. The van der Waals surface area contributed by atoms with Crippen molar-refractivity contribution in [1.82, 2.24) is 0 Å². The summed E-state index contributed by atoms with van der Waals surface area (Å²) in [5.41, 5.74) is 0.573.